The van der Waals surface area contributed by atoms with E-state index in [4.69, 9.17) is 5.11 Å². The second-order valence-corrected chi connectivity index (χ2v) is 6.39. The van der Waals surface area contributed by atoms with Crippen molar-refractivity contribution in [3.05, 3.63) is 35.9 Å². The van der Waals surface area contributed by atoms with Gasteiger partial charge in [-0.3, -0.25) is 0 Å². The van der Waals surface area contributed by atoms with Crippen molar-refractivity contribution in [3.8, 4) is 0 Å². The molecule has 0 aliphatic heterocycles. The maximum absolute atomic E-state index is 12.2. The fourth-order valence-corrected chi connectivity index (χ4v) is 2.76. The molecule has 0 bridgehead atoms. The first kappa shape index (κ1) is 15.1. The van der Waals surface area contributed by atoms with Crippen molar-refractivity contribution in [2.45, 2.75) is 19.5 Å². The number of rotatable bonds is 6. The van der Waals surface area contributed by atoms with E-state index < -0.39 is 16.3 Å². The van der Waals surface area contributed by atoms with Crippen LogP contribution in [0.3, 0.4) is 0 Å². The Balaban J connectivity index is 2.80. The molecule has 0 saturated carbocycles. The SMILES string of the molecule is CC(CO)N(C)S(=O)(=O)N(C)Cc1ccccc1. The molecule has 18 heavy (non-hydrogen) atoms. The molecule has 5 nitrogen and oxygen atoms in total. The molecule has 0 aliphatic rings. The summed E-state index contributed by atoms with van der Waals surface area (Å²) in [4.78, 5) is 0. The Morgan fingerprint density at radius 2 is 1.78 bits per heavy atom. The number of hydrogen-bond donors (Lipinski definition) is 1. The lowest BCUT2D eigenvalue weighted by atomic mass is 10.2. The summed E-state index contributed by atoms with van der Waals surface area (Å²) in [5, 5.41) is 9.02. The maximum Gasteiger partial charge on any atom is 0.282 e. The Morgan fingerprint density at radius 3 is 2.28 bits per heavy atom. The molecular formula is C12H20N2O3S. The second-order valence-electron chi connectivity index (χ2n) is 4.30. The summed E-state index contributed by atoms with van der Waals surface area (Å²) in [5.74, 6) is 0. The Hall–Kier alpha value is -0.950. The zero-order chi connectivity index (χ0) is 13.8. The van der Waals surface area contributed by atoms with Gasteiger partial charge in [-0.05, 0) is 12.5 Å². The Labute approximate surface area is 109 Å². The van der Waals surface area contributed by atoms with Gasteiger partial charge in [0.1, 0.15) is 0 Å². The quantitative estimate of drug-likeness (QED) is 0.828. The molecule has 0 fully saturated rings. The van der Waals surface area contributed by atoms with Gasteiger partial charge in [-0.15, -0.1) is 0 Å². The van der Waals surface area contributed by atoms with Gasteiger partial charge in [-0.1, -0.05) is 30.3 Å². The van der Waals surface area contributed by atoms with Crippen LogP contribution < -0.4 is 0 Å². The standard InChI is InChI=1S/C12H20N2O3S/c1-11(10-15)14(3)18(16,17)13(2)9-12-7-5-4-6-8-12/h4-8,11,15H,9-10H2,1-3H3. The van der Waals surface area contributed by atoms with E-state index in [9.17, 15) is 8.42 Å². The molecule has 1 N–H and O–H groups in total. The molecule has 1 unspecified atom stereocenters. The molecular weight excluding hydrogens is 252 g/mol. The number of hydrogen-bond acceptors (Lipinski definition) is 3. The first-order chi connectivity index (χ1) is 8.39. The topological polar surface area (TPSA) is 60.9 Å². The molecule has 0 radical (unpaired) electrons. The zero-order valence-electron chi connectivity index (χ0n) is 10.9. The van der Waals surface area contributed by atoms with Crippen LogP contribution in [0.15, 0.2) is 30.3 Å². The summed E-state index contributed by atoms with van der Waals surface area (Å²) in [7, 11) is -0.541. The molecule has 0 spiro atoms. The fraction of sp³-hybridized carbons (Fsp3) is 0.500. The molecule has 0 aromatic heterocycles. The molecule has 0 saturated heterocycles. The smallest absolute Gasteiger partial charge is 0.282 e. The number of aliphatic hydroxyl groups excluding tert-OH is 1. The third-order valence-corrected chi connectivity index (χ3v) is 4.90. The van der Waals surface area contributed by atoms with E-state index >= 15 is 0 Å². The van der Waals surface area contributed by atoms with Gasteiger partial charge in [0, 0.05) is 26.7 Å². The number of benzene rings is 1. The van der Waals surface area contributed by atoms with Crippen molar-refractivity contribution in [2.24, 2.45) is 0 Å². The Bertz CT molecular complexity index is 461. The van der Waals surface area contributed by atoms with Crippen LogP contribution in [0.5, 0.6) is 0 Å². The van der Waals surface area contributed by atoms with Gasteiger partial charge in [-0.25, -0.2) is 0 Å². The van der Waals surface area contributed by atoms with Gasteiger partial charge in [0.2, 0.25) is 0 Å². The number of nitrogens with zero attached hydrogens (tertiary/aromatic N) is 2. The molecule has 1 rings (SSSR count). The van der Waals surface area contributed by atoms with Crippen LogP contribution >= 0.6 is 0 Å². The van der Waals surface area contributed by atoms with Gasteiger partial charge < -0.3 is 5.11 Å². The third-order valence-electron chi connectivity index (χ3n) is 2.89. The minimum absolute atomic E-state index is 0.199. The molecule has 1 atom stereocenters. The largest absolute Gasteiger partial charge is 0.395 e. The summed E-state index contributed by atoms with van der Waals surface area (Å²) in [5.41, 5.74) is 0.925. The van der Waals surface area contributed by atoms with Crippen LogP contribution in [-0.2, 0) is 16.8 Å². The van der Waals surface area contributed by atoms with Crippen molar-refractivity contribution in [1.29, 1.82) is 0 Å². The fourth-order valence-electron chi connectivity index (χ4n) is 1.48. The average Bonchev–Trinajstić information content (AvgIpc) is 2.37. The van der Waals surface area contributed by atoms with Crippen LogP contribution in [0, 0.1) is 0 Å². The Morgan fingerprint density at radius 1 is 1.22 bits per heavy atom. The summed E-state index contributed by atoms with van der Waals surface area (Å²) in [6.07, 6.45) is 0. The van der Waals surface area contributed by atoms with Crippen LogP contribution in [0.2, 0.25) is 0 Å². The first-order valence-corrected chi connectivity index (χ1v) is 7.13. The predicted molar refractivity (Wildman–Crippen MR) is 71.1 cm³/mol. The van der Waals surface area contributed by atoms with E-state index in [-0.39, 0.29) is 6.61 Å². The molecule has 1 aromatic rings. The van der Waals surface area contributed by atoms with Crippen LogP contribution in [0.1, 0.15) is 12.5 Å². The second kappa shape index (κ2) is 6.29. The van der Waals surface area contributed by atoms with E-state index in [0.29, 0.717) is 6.54 Å². The molecule has 6 heteroatoms. The van der Waals surface area contributed by atoms with Crippen LogP contribution in [0.4, 0.5) is 0 Å². The van der Waals surface area contributed by atoms with Crippen molar-refractivity contribution < 1.29 is 13.5 Å². The van der Waals surface area contributed by atoms with E-state index in [1.807, 2.05) is 30.3 Å². The summed E-state index contributed by atoms with van der Waals surface area (Å²) in [6.45, 7) is 1.77. The van der Waals surface area contributed by atoms with Crippen molar-refractivity contribution in [1.82, 2.24) is 8.61 Å². The maximum atomic E-state index is 12.2. The third kappa shape index (κ3) is 3.52. The van der Waals surface area contributed by atoms with Gasteiger partial charge >= 0.3 is 0 Å². The van der Waals surface area contributed by atoms with E-state index in [1.54, 1.807) is 6.92 Å². The minimum atomic E-state index is -3.54. The number of likely N-dealkylation sites (N-methyl/N-ethyl adjacent to an activating group) is 1. The van der Waals surface area contributed by atoms with Crippen molar-refractivity contribution >= 4 is 10.2 Å². The van der Waals surface area contributed by atoms with Crippen LogP contribution in [-0.4, -0.2) is 48.9 Å². The van der Waals surface area contributed by atoms with Crippen molar-refractivity contribution in [2.75, 3.05) is 20.7 Å². The van der Waals surface area contributed by atoms with Gasteiger partial charge in [0.25, 0.3) is 10.2 Å². The molecule has 102 valence electrons. The molecule has 0 aliphatic carbocycles. The lowest BCUT2D eigenvalue weighted by Gasteiger charge is -2.27. The zero-order valence-corrected chi connectivity index (χ0v) is 11.8. The summed E-state index contributed by atoms with van der Waals surface area (Å²) in [6, 6.07) is 8.94. The highest BCUT2D eigenvalue weighted by Gasteiger charge is 2.27. The molecule has 0 heterocycles. The van der Waals surface area contributed by atoms with Gasteiger partial charge in [-0.2, -0.15) is 17.0 Å². The van der Waals surface area contributed by atoms with Crippen molar-refractivity contribution in [3.63, 3.8) is 0 Å². The highest BCUT2D eigenvalue weighted by atomic mass is 32.2. The average molecular weight is 272 g/mol. The highest BCUT2D eigenvalue weighted by molar-refractivity contribution is 7.86. The first-order valence-electron chi connectivity index (χ1n) is 5.73. The van der Waals surface area contributed by atoms with Gasteiger partial charge in [0.05, 0.1) is 6.61 Å². The van der Waals surface area contributed by atoms with E-state index in [0.717, 1.165) is 5.56 Å². The lowest BCUT2D eigenvalue weighted by Crippen LogP contribution is -2.44. The summed E-state index contributed by atoms with van der Waals surface area (Å²) >= 11 is 0. The minimum Gasteiger partial charge on any atom is -0.395 e. The predicted octanol–water partition coefficient (Wildman–Crippen LogP) is 0.676. The molecule has 0 amide bonds. The highest BCUT2D eigenvalue weighted by Crippen LogP contribution is 2.12. The Kier molecular flexibility index (Phi) is 5.28. The molecule has 1 aromatic carbocycles. The lowest BCUT2D eigenvalue weighted by molar-refractivity contribution is 0.207. The monoisotopic (exact) mass is 272 g/mol. The van der Waals surface area contributed by atoms with Crippen LogP contribution in [0.25, 0.3) is 0 Å². The summed E-state index contributed by atoms with van der Waals surface area (Å²) < 4.78 is 26.8. The van der Waals surface area contributed by atoms with E-state index in [2.05, 4.69) is 0 Å². The van der Waals surface area contributed by atoms with E-state index in [1.165, 1.54) is 22.7 Å². The van der Waals surface area contributed by atoms with Gasteiger partial charge in [0.15, 0.2) is 0 Å². The number of aliphatic hydroxyl groups is 1. The normalized spacial score (nSPS) is 14.1.